The van der Waals surface area contributed by atoms with Crippen molar-refractivity contribution in [2.24, 2.45) is 5.41 Å². The van der Waals surface area contributed by atoms with E-state index in [1.165, 1.54) is 5.56 Å². The lowest BCUT2D eigenvalue weighted by molar-refractivity contribution is 0.284. The first-order valence-corrected chi connectivity index (χ1v) is 8.84. The minimum absolute atomic E-state index is 0.173. The monoisotopic (exact) mass is 368 g/mol. The summed E-state index contributed by atoms with van der Waals surface area (Å²) < 4.78 is 1.04. The molecule has 0 aromatic heterocycles. The summed E-state index contributed by atoms with van der Waals surface area (Å²) in [7, 11) is 0. The van der Waals surface area contributed by atoms with Crippen molar-refractivity contribution in [3.63, 3.8) is 0 Å². The van der Waals surface area contributed by atoms with E-state index in [-0.39, 0.29) is 5.41 Å². The van der Waals surface area contributed by atoms with Crippen LogP contribution in [0.2, 0.25) is 0 Å². The third-order valence-corrected chi connectivity index (χ3v) is 4.55. The summed E-state index contributed by atoms with van der Waals surface area (Å²) in [5.41, 5.74) is 3.94. The normalized spacial score (nSPS) is 11.7. The molecular formula is C22H25Br. The van der Waals surface area contributed by atoms with Crippen LogP contribution in [0.15, 0.2) is 53.0 Å². The SMILES string of the molecule is CC(C)(C)CC(C)(C)c1ccc(C#Cc2ccccc2Br)cc1. The lowest BCUT2D eigenvalue weighted by Crippen LogP contribution is -2.24. The van der Waals surface area contributed by atoms with Gasteiger partial charge in [0.1, 0.15) is 0 Å². The van der Waals surface area contributed by atoms with Crippen LogP contribution in [0.5, 0.6) is 0 Å². The second-order valence-electron chi connectivity index (χ2n) is 7.93. The Morgan fingerprint density at radius 3 is 2.00 bits per heavy atom. The van der Waals surface area contributed by atoms with Crippen molar-refractivity contribution in [2.45, 2.75) is 46.5 Å². The fourth-order valence-corrected chi connectivity index (χ4v) is 3.52. The van der Waals surface area contributed by atoms with Crippen molar-refractivity contribution < 1.29 is 0 Å². The zero-order valence-electron chi connectivity index (χ0n) is 14.7. The third kappa shape index (κ3) is 5.26. The molecule has 2 aromatic rings. The third-order valence-electron chi connectivity index (χ3n) is 3.85. The molecule has 0 saturated heterocycles. The summed E-state index contributed by atoms with van der Waals surface area (Å²) in [5.74, 6) is 6.48. The van der Waals surface area contributed by atoms with Gasteiger partial charge in [-0.1, -0.05) is 70.7 Å². The van der Waals surface area contributed by atoms with Gasteiger partial charge >= 0.3 is 0 Å². The van der Waals surface area contributed by atoms with Gasteiger partial charge < -0.3 is 0 Å². The Bertz CT molecular complexity index is 719. The number of halogens is 1. The van der Waals surface area contributed by atoms with Crippen LogP contribution >= 0.6 is 15.9 Å². The number of hydrogen-bond donors (Lipinski definition) is 0. The maximum Gasteiger partial charge on any atom is 0.0391 e. The summed E-state index contributed by atoms with van der Waals surface area (Å²) in [6, 6.07) is 16.7. The molecule has 0 bridgehead atoms. The van der Waals surface area contributed by atoms with E-state index in [9.17, 15) is 0 Å². The molecule has 1 heteroatoms. The molecule has 0 fully saturated rings. The quantitative estimate of drug-likeness (QED) is 0.526. The molecule has 0 aliphatic rings. The average Bonchev–Trinajstić information content (AvgIpc) is 2.44. The first kappa shape index (κ1) is 17.8. The van der Waals surface area contributed by atoms with E-state index >= 15 is 0 Å². The van der Waals surface area contributed by atoms with E-state index in [2.05, 4.69) is 86.7 Å². The average molecular weight is 369 g/mol. The van der Waals surface area contributed by atoms with Crippen LogP contribution in [0, 0.1) is 17.3 Å². The molecule has 0 N–H and O–H groups in total. The molecule has 0 heterocycles. The fraction of sp³-hybridized carbons (Fsp3) is 0.364. The Morgan fingerprint density at radius 1 is 0.826 bits per heavy atom. The second-order valence-corrected chi connectivity index (χ2v) is 8.78. The van der Waals surface area contributed by atoms with Crippen LogP contribution in [0.25, 0.3) is 0 Å². The molecule has 0 aliphatic carbocycles. The molecule has 0 aliphatic heterocycles. The van der Waals surface area contributed by atoms with Gasteiger partial charge in [-0.3, -0.25) is 0 Å². The van der Waals surface area contributed by atoms with Gasteiger partial charge in [-0.15, -0.1) is 0 Å². The summed E-state index contributed by atoms with van der Waals surface area (Å²) in [6.07, 6.45) is 1.15. The number of hydrogen-bond acceptors (Lipinski definition) is 0. The Morgan fingerprint density at radius 2 is 1.43 bits per heavy atom. The van der Waals surface area contributed by atoms with Crippen LogP contribution < -0.4 is 0 Å². The van der Waals surface area contributed by atoms with Crippen molar-refractivity contribution >= 4 is 15.9 Å². The topological polar surface area (TPSA) is 0 Å². The van der Waals surface area contributed by atoms with Gasteiger partial charge in [0.25, 0.3) is 0 Å². The molecule has 0 nitrogen and oxygen atoms in total. The minimum Gasteiger partial charge on any atom is -0.0616 e. The molecular weight excluding hydrogens is 344 g/mol. The Kier molecular flexibility index (Phi) is 5.37. The maximum absolute atomic E-state index is 3.53. The summed E-state index contributed by atoms with van der Waals surface area (Å²) >= 11 is 3.53. The molecule has 2 rings (SSSR count). The first-order chi connectivity index (χ1) is 10.7. The standard InChI is InChI=1S/C22H25Br/c1-21(2,3)16-22(4,5)19-14-11-17(12-15-19)10-13-18-8-6-7-9-20(18)23/h6-9,11-12,14-15H,16H2,1-5H3. The predicted octanol–water partition coefficient (Wildman–Crippen LogP) is 6.56. The molecule has 120 valence electrons. The highest BCUT2D eigenvalue weighted by molar-refractivity contribution is 9.10. The Labute approximate surface area is 149 Å². The molecule has 0 radical (unpaired) electrons. The van der Waals surface area contributed by atoms with Crippen molar-refractivity contribution in [2.75, 3.05) is 0 Å². The van der Waals surface area contributed by atoms with E-state index in [1.807, 2.05) is 24.3 Å². The van der Waals surface area contributed by atoms with Crippen molar-refractivity contribution in [1.82, 2.24) is 0 Å². The van der Waals surface area contributed by atoms with E-state index < -0.39 is 0 Å². The van der Waals surface area contributed by atoms with E-state index in [0.29, 0.717) is 5.41 Å². The van der Waals surface area contributed by atoms with E-state index in [4.69, 9.17) is 0 Å². The van der Waals surface area contributed by atoms with Gasteiger partial charge in [-0.05, 0) is 63.0 Å². The molecule has 2 aromatic carbocycles. The summed E-state index contributed by atoms with van der Waals surface area (Å²) in [4.78, 5) is 0. The zero-order valence-corrected chi connectivity index (χ0v) is 16.3. The molecule has 0 unspecified atom stereocenters. The lowest BCUT2D eigenvalue weighted by Gasteiger charge is -2.33. The van der Waals surface area contributed by atoms with E-state index in [0.717, 1.165) is 22.0 Å². The van der Waals surface area contributed by atoms with Crippen molar-refractivity contribution in [3.05, 3.63) is 69.7 Å². The summed E-state index contributed by atoms with van der Waals surface area (Å²) in [5, 5.41) is 0. The van der Waals surface area contributed by atoms with Crippen molar-refractivity contribution in [1.29, 1.82) is 0 Å². The fourth-order valence-electron chi connectivity index (χ4n) is 3.13. The number of benzene rings is 2. The molecule has 0 saturated carbocycles. The smallest absolute Gasteiger partial charge is 0.0391 e. The van der Waals surface area contributed by atoms with Gasteiger partial charge in [-0.25, -0.2) is 0 Å². The van der Waals surface area contributed by atoms with Gasteiger partial charge in [0.15, 0.2) is 0 Å². The van der Waals surface area contributed by atoms with Crippen LogP contribution in [-0.4, -0.2) is 0 Å². The van der Waals surface area contributed by atoms with Crippen molar-refractivity contribution in [3.8, 4) is 11.8 Å². The highest BCUT2D eigenvalue weighted by Crippen LogP contribution is 2.36. The highest BCUT2D eigenvalue weighted by atomic mass is 79.9. The van der Waals surface area contributed by atoms with Crippen LogP contribution in [0.4, 0.5) is 0 Å². The number of rotatable bonds is 2. The maximum atomic E-state index is 3.53. The van der Waals surface area contributed by atoms with E-state index in [1.54, 1.807) is 0 Å². The Balaban J connectivity index is 2.19. The van der Waals surface area contributed by atoms with Gasteiger partial charge in [0, 0.05) is 15.6 Å². The zero-order chi connectivity index (χ0) is 17.1. The molecule has 23 heavy (non-hydrogen) atoms. The lowest BCUT2D eigenvalue weighted by atomic mass is 9.72. The minimum atomic E-state index is 0.173. The second kappa shape index (κ2) is 6.93. The van der Waals surface area contributed by atoms with Gasteiger partial charge in [-0.2, -0.15) is 0 Å². The van der Waals surface area contributed by atoms with Crippen LogP contribution in [-0.2, 0) is 5.41 Å². The predicted molar refractivity (Wildman–Crippen MR) is 104 cm³/mol. The first-order valence-electron chi connectivity index (χ1n) is 8.04. The molecule has 0 amide bonds. The largest absolute Gasteiger partial charge is 0.0616 e. The Hall–Kier alpha value is -1.52. The van der Waals surface area contributed by atoms with Crippen LogP contribution in [0.1, 0.15) is 57.7 Å². The van der Waals surface area contributed by atoms with Crippen LogP contribution in [0.3, 0.4) is 0 Å². The molecule has 0 atom stereocenters. The highest BCUT2D eigenvalue weighted by Gasteiger charge is 2.26. The van der Waals surface area contributed by atoms with Gasteiger partial charge in [0.2, 0.25) is 0 Å². The van der Waals surface area contributed by atoms with Gasteiger partial charge in [0.05, 0.1) is 0 Å². The molecule has 0 spiro atoms. The summed E-state index contributed by atoms with van der Waals surface area (Å²) in [6.45, 7) is 11.5.